The van der Waals surface area contributed by atoms with Crippen LogP contribution in [0.15, 0.2) is 24.3 Å². The van der Waals surface area contributed by atoms with Crippen molar-refractivity contribution in [2.24, 2.45) is 5.92 Å². The first kappa shape index (κ1) is 16.0. The molecule has 2 N–H and O–H groups in total. The highest BCUT2D eigenvalue weighted by molar-refractivity contribution is 5.70. The van der Waals surface area contributed by atoms with Gasteiger partial charge in [-0.05, 0) is 49.7 Å². The number of nitrogens with one attached hydrogen (secondary N) is 1. The molecule has 2 rings (SSSR count). The van der Waals surface area contributed by atoms with E-state index in [0.717, 1.165) is 38.5 Å². The van der Waals surface area contributed by atoms with Gasteiger partial charge in [0.1, 0.15) is 0 Å². The van der Waals surface area contributed by atoms with E-state index < -0.39 is 5.97 Å². The maximum atomic E-state index is 11.0. The van der Waals surface area contributed by atoms with Gasteiger partial charge >= 0.3 is 5.97 Å². The van der Waals surface area contributed by atoms with Crippen molar-refractivity contribution in [1.29, 1.82) is 0 Å². The fourth-order valence-corrected chi connectivity index (χ4v) is 3.23. The van der Waals surface area contributed by atoms with E-state index in [-0.39, 0.29) is 5.92 Å². The number of carboxylic acids is 1. The molecule has 0 bridgehead atoms. The SMILES string of the molecule is CCc1ccc(C(CC)NC2CCC(C(=O)O)CC2)cc1. The molecule has 1 fully saturated rings. The summed E-state index contributed by atoms with van der Waals surface area (Å²) in [6.07, 6.45) is 5.69. The van der Waals surface area contributed by atoms with Crippen LogP contribution in [0.5, 0.6) is 0 Å². The van der Waals surface area contributed by atoms with Crippen molar-refractivity contribution >= 4 is 5.97 Å². The lowest BCUT2D eigenvalue weighted by Crippen LogP contribution is -2.37. The minimum atomic E-state index is -0.629. The summed E-state index contributed by atoms with van der Waals surface area (Å²) in [6.45, 7) is 4.37. The van der Waals surface area contributed by atoms with E-state index in [0.29, 0.717) is 12.1 Å². The largest absolute Gasteiger partial charge is 0.481 e. The summed E-state index contributed by atoms with van der Waals surface area (Å²) in [5.41, 5.74) is 2.71. The highest BCUT2D eigenvalue weighted by atomic mass is 16.4. The number of rotatable bonds is 6. The Kier molecular flexibility index (Phi) is 5.80. The second kappa shape index (κ2) is 7.60. The summed E-state index contributed by atoms with van der Waals surface area (Å²) in [5, 5.41) is 12.8. The molecule has 1 aromatic carbocycles. The molecule has 1 atom stereocenters. The molecule has 0 amide bonds. The maximum Gasteiger partial charge on any atom is 0.306 e. The van der Waals surface area contributed by atoms with Gasteiger partial charge < -0.3 is 10.4 Å². The Labute approximate surface area is 127 Å². The summed E-state index contributed by atoms with van der Waals surface area (Å²) < 4.78 is 0. The molecule has 3 nitrogen and oxygen atoms in total. The van der Waals surface area contributed by atoms with Gasteiger partial charge in [0.25, 0.3) is 0 Å². The van der Waals surface area contributed by atoms with Crippen molar-refractivity contribution in [3.63, 3.8) is 0 Å². The van der Waals surface area contributed by atoms with Gasteiger partial charge in [-0.25, -0.2) is 0 Å². The van der Waals surface area contributed by atoms with Crippen molar-refractivity contribution in [3.05, 3.63) is 35.4 Å². The zero-order chi connectivity index (χ0) is 15.2. The Balaban J connectivity index is 1.91. The molecule has 1 unspecified atom stereocenters. The molecule has 116 valence electrons. The number of carboxylic acid groups (broad SMARTS) is 1. The topological polar surface area (TPSA) is 49.3 Å². The Morgan fingerprint density at radius 2 is 1.81 bits per heavy atom. The van der Waals surface area contributed by atoms with Gasteiger partial charge in [-0.1, -0.05) is 38.1 Å². The van der Waals surface area contributed by atoms with E-state index in [1.165, 1.54) is 11.1 Å². The van der Waals surface area contributed by atoms with Crippen LogP contribution < -0.4 is 5.32 Å². The van der Waals surface area contributed by atoms with Crippen LogP contribution in [0.4, 0.5) is 0 Å². The summed E-state index contributed by atoms with van der Waals surface area (Å²) in [7, 11) is 0. The quantitative estimate of drug-likeness (QED) is 0.834. The highest BCUT2D eigenvalue weighted by Gasteiger charge is 2.27. The number of aliphatic carboxylic acids is 1. The predicted molar refractivity (Wildman–Crippen MR) is 85.4 cm³/mol. The summed E-state index contributed by atoms with van der Waals surface area (Å²) >= 11 is 0. The molecule has 1 aliphatic rings. The number of hydrogen-bond acceptors (Lipinski definition) is 2. The van der Waals surface area contributed by atoms with E-state index in [2.05, 4.69) is 43.4 Å². The molecule has 21 heavy (non-hydrogen) atoms. The second-order valence-corrected chi connectivity index (χ2v) is 6.11. The van der Waals surface area contributed by atoms with Gasteiger partial charge in [0, 0.05) is 12.1 Å². The smallest absolute Gasteiger partial charge is 0.306 e. The average Bonchev–Trinajstić information content (AvgIpc) is 2.53. The fourth-order valence-electron chi connectivity index (χ4n) is 3.23. The number of benzene rings is 1. The number of aryl methyl sites for hydroxylation is 1. The first-order chi connectivity index (χ1) is 10.1. The molecule has 0 radical (unpaired) electrons. The summed E-state index contributed by atoms with van der Waals surface area (Å²) in [5.74, 6) is -0.761. The fraction of sp³-hybridized carbons (Fsp3) is 0.611. The zero-order valence-electron chi connectivity index (χ0n) is 13.1. The van der Waals surface area contributed by atoms with Gasteiger partial charge in [-0.15, -0.1) is 0 Å². The van der Waals surface area contributed by atoms with Gasteiger partial charge in [0.2, 0.25) is 0 Å². The van der Waals surface area contributed by atoms with Crippen LogP contribution >= 0.6 is 0 Å². The Morgan fingerprint density at radius 3 is 2.29 bits per heavy atom. The van der Waals surface area contributed by atoms with Crippen molar-refractivity contribution in [1.82, 2.24) is 5.32 Å². The molecule has 0 heterocycles. The summed E-state index contributed by atoms with van der Waals surface area (Å²) in [6, 6.07) is 9.70. The van der Waals surface area contributed by atoms with Crippen LogP contribution in [0.2, 0.25) is 0 Å². The van der Waals surface area contributed by atoms with E-state index in [1.807, 2.05) is 0 Å². The van der Waals surface area contributed by atoms with E-state index in [4.69, 9.17) is 5.11 Å². The lowest BCUT2D eigenvalue weighted by molar-refractivity contribution is -0.142. The molecular weight excluding hydrogens is 262 g/mol. The van der Waals surface area contributed by atoms with Crippen LogP contribution in [0.25, 0.3) is 0 Å². The molecule has 1 aliphatic carbocycles. The van der Waals surface area contributed by atoms with Crippen molar-refractivity contribution < 1.29 is 9.90 Å². The van der Waals surface area contributed by atoms with Gasteiger partial charge in [-0.2, -0.15) is 0 Å². The van der Waals surface area contributed by atoms with Crippen LogP contribution in [-0.4, -0.2) is 17.1 Å². The van der Waals surface area contributed by atoms with Crippen LogP contribution in [-0.2, 0) is 11.2 Å². The molecule has 0 spiro atoms. The molecule has 0 aliphatic heterocycles. The molecular formula is C18H27NO2. The Bertz CT molecular complexity index is 447. The third-order valence-electron chi connectivity index (χ3n) is 4.71. The van der Waals surface area contributed by atoms with Crippen LogP contribution in [0, 0.1) is 5.92 Å². The van der Waals surface area contributed by atoms with Gasteiger partial charge in [0.15, 0.2) is 0 Å². The minimum absolute atomic E-state index is 0.132. The third-order valence-corrected chi connectivity index (χ3v) is 4.71. The average molecular weight is 289 g/mol. The zero-order valence-corrected chi connectivity index (χ0v) is 13.1. The minimum Gasteiger partial charge on any atom is -0.481 e. The van der Waals surface area contributed by atoms with Gasteiger partial charge in [-0.3, -0.25) is 4.79 Å². The predicted octanol–water partition coefficient (Wildman–Crippen LogP) is 3.93. The molecule has 3 heteroatoms. The second-order valence-electron chi connectivity index (χ2n) is 6.11. The monoisotopic (exact) mass is 289 g/mol. The third kappa shape index (κ3) is 4.31. The first-order valence-corrected chi connectivity index (χ1v) is 8.21. The standard InChI is InChI=1S/C18H27NO2/c1-3-13-5-7-14(8-6-13)17(4-2)19-16-11-9-15(10-12-16)18(20)21/h5-8,15-17,19H,3-4,9-12H2,1-2H3,(H,20,21). The Hall–Kier alpha value is -1.35. The van der Waals surface area contributed by atoms with E-state index in [1.54, 1.807) is 0 Å². The molecule has 0 saturated heterocycles. The van der Waals surface area contributed by atoms with Crippen molar-refractivity contribution in [3.8, 4) is 0 Å². The Morgan fingerprint density at radius 1 is 1.19 bits per heavy atom. The number of carbonyl (C=O) groups is 1. The van der Waals surface area contributed by atoms with Crippen molar-refractivity contribution in [2.45, 2.75) is 64.5 Å². The van der Waals surface area contributed by atoms with Crippen molar-refractivity contribution in [2.75, 3.05) is 0 Å². The van der Waals surface area contributed by atoms with Crippen LogP contribution in [0.3, 0.4) is 0 Å². The highest BCUT2D eigenvalue weighted by Crippen LogP contribution is 2.27. The van der Waals surface area contributed by atoms with Gasteiger partial charge in [0.05, 0.1) is 5.92 Å². The first-order valence-electron chi connectivity index (χ1n) is 8.21. The van der Waals surface area contributed by atoms with Crippen LogP contribution in [0.1, 0.15) is 63.1 Å². The van der Waals surface area contributed by atoms with E-state index in [9.17, 15) is 4.79 Å². The molecule has 1 aromatic rings. The van der Waals surface area contributed by atoms with E-state index >= 15 is 0 Å². The summed E-state index contributed by atoms with van der Waals surface area (Å²) in [4.78, 5) is 11.0. The maximum absolute atomic E-state index is 11.0. The molecule has 1 saturated carbocycles. The molecule has 0 aromatic heterocycles. The number of hydrogen-bond donors (Lipinski definition) is 2. The lowest BCUT2D eigenvalue weighted by atomic mass is 9.85. The normalized spacial score (nSPS) is 23.7. The lowest BCUT2D eigenvalue weighted by Gasteiger charge is -2.30.